The van der Waals surface area contributed by atoms with E-state index >= 15 is 0 Å². The minimum atomic E-state index is -0.147. The summed E-state index contributed by atoms with van der Waals surface area (Å²) in [6.07, 6.45) is 2.08. The first kappa shape index (κ1) is 17.0. The zero-order valence-corrected chi connectivity index (χ0v) is 14.6. The van der Waals surface area contributed by atoms with Crippen LogP contribution in [0.25, 0.3) is 0 Å². The zero-order chi connectivity index (χ0) is 17.8. The molecule has 0 aromatic heterocycles. The van der Waals surface area contributed by atoms with Crippen molar-refractivity contribution in [3.05, 3.63) is 59.2 Å². The van der Waals surface area contributed by atoms with E-state index in [9.17, 15) is 9.59 Å². The van der Waals surface area contributed by atoms with E-state index in [0.717, 1.165) is 29.7 Å². The van der Waals surface area contributed by atoms with Crippen molar-refractivity contribution in [3.8, 4) is 0 Å². The van der Waals surface area contributed by atoms with E-state index in [2.05, 4.69) is 16.0 Å². The predicted molar refractivity (Wildman–Crippen MR) is 100.0 cm³/mol. The Hall–Kier alpha value is -2.82. The molecule has 0 aliphatic heterocycles. The minimum absolute atomic E-state index is 0.0967. The maximum atomic E-state index is 12.3. The van der Waals surface area contributed by atoms with Gasteiger partial charge in [-0.25, -0.2) is 0 Å². The van der Waals surface area contributed by atoms with Crippen LogP contribution < -0.4 is 16.0 Å². The average molecular weight is 337 g/mol. The van der Waals surface area contributed by atoms with Gasteiger partial charge in [0.1, 0.15) is 0 Å². The molecule has 0 heterocycles. The van der Waals surface area contributed by atoms with Crippen molar-refractivity contribution in [1.29, 1.82) is 0 Å². The van der Waals surface area contributed by atoms with Crippen LogP contribution in [0.4, 0.5) is 11.4 Å². The zero-order valence-electron chi connectivity index (χ0n) is 14.6. The molecule has 3 rings (SSSR count). The number of hydrogen-bond donors (Lipinski definition) is 3. The number of para-hydroxylation sites is 1. The van der Waals surface area contributed by atoms with Crippen molar-refractivity contribution in [2.75, 3.05) is 17.2 Å². The highest BCUT2D eigenvalue weighted by molar-refractivity contribution is 6.01. The molecule has 5 heteroatoms. The number of hydrogen-bond acceptors (Lipinski definition) is 3. The third kappa shape index (κ3) is 4.38. The summed E-state index contributed by atoms with van der Waals surface area (Å²) in [7, 11) is 0. The molecule has 1 fully saturated rings. The van der Waals surface area contributed by atoms with Crippen LogP contribution in [0.5, 0.6) is 0 Å². The third-order valence-electron chi connectivity index (χ3n) is 4.40. The Morgan fingerprint density at radius 2 is 1.72 bits per heavy atom. The van der Waals surface area contributed by atoms with Gasteiger partial charge >= 0.3 is 0 Å². The summed E-state index contributed by atoms with van der Waals surface area (Å²) in [5.41, 5.74) is 4.23. The Morgan fingerprint density at radius 3 is 2.48 bits per heavy atom. The molecule has 0 saturated heterocycles. The number of carbonyl (C=O) groups is 2. The molecular formula is C20H23N3O2. The molecule has 1 saturated carbocycles. The van der Waals surface area contributed by atoms with Gasteiger partial charge in [0.2, 0.25) is 5.91 Å². The summed E-state index contributed by atoms with van der Waals surface area (Å²) >= 11 is 0. The Morgan fingerprint density at radius 1 is 1.00 bits per heavy atom. The highest BCUT2D eigenvalue weighted by Gasteiger charge is 2.24. The molecule has 1 aliphatic carbocycles. The van der Waals surface area contributed by atoms with E-state index in [0.29, 0.717) is 17.3 Å². The number of carbonyl (C=O) groups excluding carboxylic acids is 2. The second kappa shape index (κ2) is 7.38. The van der Waals surface area contributed by atoms with Crippen LogP contribution in [-0.4, -0.2) is 24.4 Å². The molecule has 2 amide bonds. The van der Waals surface area contributed by atoms with Crippen molar-refractivity contribution in [2.24, 2.45) is 0 Å². The van der Waals surface area contributed by atoms with Gasteiger partial charge in [0, 0.05) is 17.4 Å². The number of rotatable bonds is 6. The van der Waals surface area contributed by atoms with Crippen LogP contribution in [0.2, 0.25) is 0 Å². The fraction of sp³-hybridized carbons (Fsp3) is 0.300. The Kier molecular flexibility index (Phi) is 5.03. The first-order valence-corrected chi connectivity index (χ1v) is 8.54. The number of nitrogens with one attached hydrogen (secondary N) is 3. The second-order valence-electron chi connectivity index (χ2n) is 6.44. The highest BCUT2D eigenvalue weighted by Crippen LogP contribution is 2.22. The lowest BCUT2D eigenvalue weighted by molar-refractivity contribution is -0.114. The SMILES string of the molecule is Cc1cccc(NC(=O)CNc2ccccc2C(=O)NC2CC2)c1C. The normalized spacial score (nSPS) is 13.2. The van der Waals surface area contributed by atoms with Crippen LogP contribution in [0.15, 0.2) is 42.5 Å². The molecule has 0 spiro atoms. The van der Waals surface area contributed by atoms with Crippen molar-refractivity contribution in [1.82, 2.24) is 5.32 Å². The molecule has 25 heavy (non-hydrogen) atoms. The fourth-order valence-electron chi connectivity index (χ4n) is 2.58. The smallest absolute Gasteiger partial charge is 0.253 e. The molecule has 5 nitrogen and oxygen atoms in total. The first-order valence-electron chi connectivity index (χ1n) is 8.54. The lowest BCUT2D eigenvalue weighted by Crippen LogP contribution is -2.27. The molecule has 0 radical (unpaired) electrons. The van der Waals surface area contributed by atoms with E-state index in [1.54, 1.807) is 6.07 Å². The van der Waals surface area contributed by atoms with Crippen molar-refractivity contribution >= 4 is 23.2 Å². The Labute approximate surface area is 147 Å². The van der Waals surface area contributed by atoms with Crippen LogP contribution in [0, 0.1) is 13.8 Å². The standard InChI is InChI=1S/C20H23N3O2/c1-13-6-5-9-17(14(13)2)23-19(24)12-21-18-8-4-3-7-16(18)20(25)22-15-10-11-15/h3-9,15,21H,10-12H2,1-2H3,(H,22,25)(H,23,24). The number of aryl methyl sites for hydroxylation is 1. The van der Waals surface area contributed by atoms with E-state index in [1.807, 2.05) is 50.2 Å². The van der Waals surface area contributed by atoms with Gasteiger partial charge in [0.25, 0.3) is 5.91 Å². The summed E-state index contributed by atoms with van der Waals surface area (Å²) in [5.74, 6) is -0.244. The molecule has 1 aliphatic rings. The largest absolute Gasteiger partial charge is 0.376 e. The lowest BCUT2D eigenvalue weighted by atomic mass is 10.1. The summed E-state index contributed by atoms with van der Waals surface area (Å²) in [5, 5.41) is 8.95. The lowest BCUT2D eigenvalue weighted by Gasteiger charge is -2.13. The molecule has 0 atom stereocenters. The van der Waals surface area contributed by atoms with Crippen LogP contribution in [-0.2, 0) is 4.79 Å². The summed E-state index contributed by atoms with van der Waals surface area (Å²) < 4.78 is 0. The van der Waals surface area contributed by atoms with Gasteiger partial charge in [-0.1, -0.05) is 24.3 Å². The van der Waals surface area contributed by atoms with Crippen LogP contribution in [0.3, 0.4) is 0 Å². The Bertz CT molecular complexity index is 797. The molecule has 2 aromatic carbocycles. The molecular weight excluding hydrogens is 314 g/mol. The molecule has 130 valence electrons. The van der Waals surface area contributed by atoms with E-state index in [-0.39, 0.29) is 18.4 Å². The molecule has 0 bridgehead atoms. The number of amides is 2. The van der Waals surface area contributed by atoms with Gasteiger partial charge in [-0.2, -0.15) is 0 Å². The molecule has 2 aromatic rings. The van der Waals surface area contributed by atoms with Gasteiger partial charge in [0.15, 0.2) is 0 Å². The number of benzene rings is 2. The van der Waals surface area contributed by atoms with E-state index < -0.39 is 0 Å². The highest BCUT2D eigenvalue weighted by atomic mass is 16.2. The van der Waals surface area contributed by atoms with Gasteiger partial charge in [-0.3, -0.25) is 9.59 Å². The maximum Gasteiger partial charge on any atom is 0.253 e. The summed E-state index contributed by atoms with van der Waals surface area (Å²) in [6, 6.07) is 13.4. The summed E-state index contributed by atoms with van der Waals surface area (Å²) in [4.78, 5) is 24.5. The molecule has 0 unspecified atom stereocenters. The topological polar surface area (TPSA) is 70.2 Å². The second-order valence-corrected chi connectivity index (χ2v) is 6.44. The molecule has 3 N–H and O–H groups in total. The Balaban J connectivity index is 1.62. The summed E-state index contributed by atoms with van der Waals surface area (Å²) in [6.45, 7) is 4.09. The monoisotopic (exact) mass is 337 g/mol. The number of anilines is 2. The third-order valence-corrected chi connectivity index (χ3v) is 4.40. The fourth-order valence-corrected chi connectivity index (χ4v) is 2.58. The van der Waals surface area contributed by atoms with Gasteiger partial charge in [-0.15, -0.1) is 0 Å². The van der Waals surface area contributed by atoms with Gasteiger partial charge in [-0.05, 0) is 56.0 Å². The average Bonchev–Trinajstić information content (AvgIpc) is 3.41. The first-order chi connectivity index (χ1) is 12.0. The minimum Gasteiger partial charge on any atom is -0.376 e. The maximum absolute atomic E-state index is 12.3. The van der Waals surface area contributed by atoms with Crippen LogP contribution >= 0.6 is 0 Å². The van der Waals surface area contributed by atoms with E-state index in [4.69, 9.17) is 0 Å². The predicted octanol–water partition coefficient (Wildman–Crippen LogP) is 3.25. The van der Waals surface area contributed by atoms with Crippen molar-refractivity contribution < 1.29 is 9.59 Å². The van der Waals surface area contributed by atoms with Crippen LogP contribution in [0.1, 0.15) is 34.3 Å². The van der Waals surface area contributed by atoms with Gasteiger partial charge in [0.05, 0.1) is 12.1 Å². The van der Waals surface area contributed by atoms with Crippen molar-refractivity contribution in [3.63, 3.8) is 0 Å². The van der Waals surface area contributed by atoms with Gasteiger partial charge < -0.3 is 16.0 Å². The quantitative estimate of drug-likeness (QED) is 0.758. The van der Waals surface area contributed by atoms with E-state index in [1.165, 1.54) is 0 Å². The van der Waals surface area contributed by atoms with Crippen molar-refractivity contribution in [2.45, 2.75) is 32.7 Å².